The average Bonchev–Trinajstić information content (AvgIpc) is 2.76. The summed E-state index contributed by atoms with van der Waals surface area (Å²) in [5.41, 5.74) is 2.46. The predicted molar refractivity (Wildman–Crippen MR) is 77.5 cm³/mol. The molecular weight excluding hydrogens is 271 g/mol. The third kappa shape index (κ3) is 2.27. The molecule has 1 aromatic carbocycles. The fraction of sp³-hybridized carbons (Fsp3) is 0.125. The molecule has 0 saturated carbocycles. The molecule has 0 radical (unpaired) electrons. The Bertz CT molecular complexity index is 848. The molecule has 0 aliphatic rings. The lowest BCUT2D eigenvalue weighted by molar-refractivity contribution is 0.0688. The summed E-state index contributed by atoms with van der Waals surface area (Å²) in [6, 6.07) is 9.38. The normalized spacial score (nSPS) is 11.0. The van der Waals surface area contributed by atoms with Gasteiger partial charge in [0.1, 0.15) is 17.3 Å². The first-order valence-electron chi connectivity index (χ1n) is 6.45. The van der Waals surface area contributed by atoms with E-state index in [-0.39, 0.29) is 5.69 Å². The molecule has 21 heavy (non-hydrogen) atoms. The molecule has 2 heterocycles. The minimum Gasteiger partial charge on any atom is -0.477 e. The summed E-state index contributed by atoms with van der Waals surface area (Å²) < 4.78 is 14.9. The minimum absolute atomic E-state index is 0.0631. The summed E-state index contributed by atoms with van der Waals surface area (Å²) in [6.45, 7) is 3.77. The Hall–Kier alpha value is -2.69. The smallest absolute Gasteiger partial charge is 0.352 e. The topological polar surface area (TPSA) is 55.1 Å². The maximum absolute atomic E-state index is 13.3. The Labute approximate surface area is 120 Å². The van der Waals surface area contributed by atoms with E-state index in [1.807, 2.05) is 26.0 Å². The van der Waals surface area contributed by atoms with Crippen molar-refractivity contribution < 1.29 is 14.3 Å². The van der Waals surface area contributed by atoms with Crippen molar-refractivity contribution in [1.82, 2.24) is 9.55 Å². The van der Waals surface area contributed by atoms with Gasteiger partial charge in [0.2, 0.25) is 0 Å². The summed E-state index contributed by atoms with van der Waals surface area (Å²) in [5, 5.41) is 9.93. The second kappa shape index (κ2) is 4.70. The molecule has 0 bridgehead atoms. The Morgan fingerprint density at radius 2 is 1.95 bits per heavy atom. The van der Waals surface area contributed by atoms with Crippen LogP contribution in [0.2, 0.25) is 0 Å². The molecule has 0 spiro atoms. The largest absolute Gasteiger partial charge is 0.477 e. The highest BCUT2D eigenvalue weighted by atomic mass is 19.1. The molecule has 0 aliphatic heterocycles. The van der Waals surface area contributed by atoms with Crippen molar-refractivity contribution in [2.75, 3.05) is 0 Å². The molecule has 5 heteroatoms. The van der Waals surface area contributed by atoms with Crippen LogP contribution in [0.25, 0.3) is 16.7 Å². The number of carboxylic acids is 1. The van der Waals surface area contributed by atoms with Crippen LogP contribution in [0.15, 0.2) is 36.4 Å². The molecule has 0 saturated heterocycles. The molecule has 0 fully saturated rings. The van der Waals surface area contributed by atoms with Crippen molar-refractivity contribution in [2.24, 2.45) is 0 Å². The zero-order valence-corrected chi connectivity index (χ0v) is 11.6. The summed E-state index contributed by atoms with van der Waals surface area (Å²) in [4.78, 5) is 15.9. The molecule has 106 valence electrons. The van der Waals surface area contributed by atoms with Crippen LogP contribution in [0.5, 0.6) is 0 Å². The Morgan fingerprint density at radius 3 is 2.62 bits per heavy atom. The number of carboxylic acid groups (broad SMARTS) is 1. The highest BCUT2D eigenvalue weighted by Crippen LogP contribution is 2.25. The fourth-order valence-corrected chi connectivity index (χ4v) is 2.53. The Kier molecular flexibility index (Phi) is 2.97. The highest BCUT2D eigenvalue weighted by Gasteiger charge is 2.17. The number of aromatic nitrogens is 2. The number of nitrogens with zero attached hydrogens (tertiary/aromatic N) is 2. The van der Waals surface area contributed by atoms with Gasteiger partial charge in [-0.15, -0.1) is 0 Å². The average molecular weight is 284 g/mol. The number of aryl methyl sites for hydroxylation is 2. The summed E-state index contributed by atoms with van der Waals surface area (Å²) in [5.74, 6) is -0.955. The van der Waals surface area contributed by atoms with Gasteiger partial charge in [0.05, 0.1) is 5.52 Å². The van der Waals surface area contributed by atoms with E-state index in [9.17, 15) is 14.3 Å². The van der Waals surface area contributed by atoms with Crippen molar-refractivity contribution in [1.29, 1.82) is 0 Å². The lowest BCUT2D eigenvalue weighted by atomic mass is 10.2. The van der Waals surface area contributed by atoms with Gasteiger partial charge in [0.15, 0.2) is 0 Å². The molecule has 0 aliphatic carbocycles. The van der Waals surface area contributed by atoms with Crippen molar-refractivity contribution in [2.45, 2.75) is 13.8 Å². The van der Waals surface area contributed by atoms with Gasteiger partial charge in [0, 0.05) is 11.1 Å². The first kappa shape index (κ1) is 13.3. The minimum atomic E-state index is -1.08. The first-order valence-corrected chi connectivity index (χ1v) is 6.45. The SMILES string of the molecule is Cc1cc(C)nc(-n2c(C(=O)O)cc3cc(F)ccc32)c1. The molecule has 2 aromatic heterocycles. The lowest BCUT2D eigenvalue weighted by Crippen LogP contribution is -2.08. The molecule has 4 nitrogen and oxygen atoms in total. The van der Waals surface area contributed by atoms with E-state index in [4.69, 9.17) is 0 Å². The van der Waals surface area contributed by atoms with Gasteiger partial charge in [-0.1, -0.05) is 0 Å². The van der Waals surface area contributed by atoms with E-state index in [0.717, 1.165) is 11.3 Å². The van der Waals surface area contributed by atoms with Gasteiger partial charge in [-0.25, -0.2) is 14.2 Å². The van der Waals surface area contributed by atoms with E-state index in [2.05, 4.69) is 4.98 Å². The Morgan fingerprint density at radius 1 is 1.19 bits per heavy atom. The van der Waals surface area contributed by atoms with Gasteiger partial charge >= 0.3 is 5.97 Å². The van der Waals surface area contributed by atoms with Crippen LogP contribution in [0, 0.1) is 19.7 Å². The number of rotatable bonds is 2. The van der Waals surface area contributed by atoms with Gasteiger partial charge in [-0.3, -0.25) is 4.57 Å². The number of hydrogen-bond acceptors (Lipinski definition) is 2. The molecule has 0 atom stereocenters. The first-order chi connectivity index (χ1) is 9.95. The number of benzene rings is 1. The molecule has 0 unspecified atom stereocenters. The van der Waals surface area contributed by atoms with Crippen LogP contribution in [0.3, 0.4) is 0 Å². The number of hydrogen-bond donors (Lipinski definition) is 1. The summed E-state index contributed by atoms with van der Waals surface area (Å²) >= 11 is 0. The van der Waals surface area contributed by atoms with Crippen molar-refractivity contribution in [3.05, 3.63) is 59.2 Å². The summed E-state index contributed by atoms with van der Waals surface area (Å²) in [6.07, 6.45) is 0. The molecule has 3 aromatic rings. The Balaban J connectivity index is 2.38. The van der Waals surface area contributed by atoms with Crippen LogP contribution in [0.4, 0.5) is 4.39 Å². The molecular formula is C16H13FN2O2. The van der Waals surface area contributed by atoms with Crippen molar-refractivity contribution in [3.63, 3.8) is 0 Å². The molecule has 0 amide bonds. The fourth-order valence-electron chi connectivity index (χ4n) is 2.53. The molecule has 3 rings (SSSR count). The predicted octanol–water partition coefficient (Wildman–Crippen LogP) is 3.48. The second-order valence-corrected chi connectivity index (χ2v) is 5.02. The van der Waals surface area contributed by atoms with Crippen LogP contribution in [0.1, 0.15) is 21.7 Å². The number of halogens is 1. The number of carbonyl (C=O) groups is 1. The maximum Gasteiger partial charge on any atom is 0.352 e. The van der Waals surface area contributed by atoms with E-state index in [1.165, 1.54) is 22.8 Å². The van der Waals surface area contributed by atoms with Crippen LogP contribution in [-0.4, -0.2) is 20.6 Å². The van der Waals surface area contributed by atoms with Gasteiger partial charge in [-0.05, 0) is 55.8 Å². The molecule has 1 N–H and O–H groups in total. The maximum atomic E-state index is 13.3. The van der Waals surface area contributed by atoms with Crippen LogP contribution >= 0.6 is 0 Å². The quantitative estimate of drug-likeness (QED) is 0.783. The third-order valence-corrected chi connectivity index (χ3v) is 3.30. The third-order valence-electron chi connectivity index (χ3n) is 3.30. The highest BCUT2D eigenvalue weighted by molar-refractivity contribution is 5.96. The van der Waals surface area contributed by atoms with Gasteiger partial charge in [0.25, 0.3) is 0 Å². The van der Waals surface area contributed by atoms with E-state index < -0.39 is 11.8 Å². The zero-order valence-electron chi connectivity index (χ0n) is 11.6. The lowest BCUT2D eigenvalue weighted by Gasteiger charge is -2.09. The van der Waals surface area contributed by atoms with Crippen LogP contribution < -0.4 is 0 Å². The van der Waals surface area contributed by atoms with Crippen molar-refractivity contribution in [3.8, 4) is 5.82 Å². The van der Waals surface area contributed by atoms with Crippen LogP contribution in [-0.2, 0) is 0 Å². The monoisotopic (exact) mass is 284 g/mol. The number of fused-ring (bicyclic) bond motifs is 1. The standard InChI is InChI=1S/C16H13FN2O2/c1-9-5-10(2)18-15(6-9)19-13-4-3-12(17)7-11(13)8-14(19)16(20)21/h3-8H,1-2H3,(H,20,21). The van der Waals surface area contributed by atoms with Gasteiger partial charge < -0.3 is 5.11 Å². The summed E-state index contributed by atoms with van der Waals surface area (Å²) in [7, 11) is 0. The van der Waals surface area contributed by atoms with E-state index in [0.29, 0.717) is 16.7 Å². The second-order valence-electron chi connectivity index (χ2n) is 5.02. The van der Waals surface area contributed by atoms with E-state index in [1.54, 1.807) is 6.07 Å². The number of aromatic carboxylic acids is 1. The van der Waals surface area contributed by atoms with Crippen molar-refractivity contribution >= 4 is 16.9 Å². The number of pyridine rings is 1. The zero-order chi connectivity index (χ0) is 15.1. The van der Waals surface area contributed by atoms with Gasteiger partial charge in [-0.2, -0.15) is 0 Å². The van der Waals surface area contributed by atoms with E-state index >= 15 is 0 Å².